The maximum absolute atomic E-state index is 6.71. The number of furan rings is 1. The van der Waals surface area contributed by atoms with Gasteiger partial charge in [0.2, 0.25) is 5.95 Å². The highest BCUT2D eigenvalue weighted by atomic mass is 32.1. The van der Waals surface area contributed by atoms with E-state index in [0.29, 0.717) is 5.95 Å². The quantitative estimate of drug-likeness (QED) is 0.173. The Morgan fingerprint density at radius 1 is 0.500 bits per heavy atom. The third-order valence-corrected chi connectivity index (χ3v) is 15.6. The van der Waals surface area contributed by atoms with Crippen molar-refractivity contribution in [2.75, 3.05) is 0 Å². The Kier molecular flexibility index (Phi) is 8.12. The van der Waals surface area contributed by atoms with E-state index in [1.807, 2.05) is 11.3 Å². The minimum atomic E-state index is 0.655. The van der Waals surface area contributed by atoms with Crippen LogP contribution >= 0.6 is 11.3 Å². The van der Waals surface area contributed by atoms with Crippen molar-refractivity contribution in [2.24, 2.45) is 0 Å². The average Bonchev–Trinajstić information content (AvgIpc) is 4.15. The van der Waals surface area contributed by atoms with Crippen LogP contribution in [0.4, 0.5) is 0 Å². The molecule has 68 heavy (non-hydrogen) atoms. The van der Waals surface area contributed by atoms with Gasteiger partial charge in [0.15, 0.2) is 0 Å². The number of hydrogen-bond acceptors (Lipinski definition) is 4. The smallest absolute Gasteiger partial charge is 0.235 e. The number of rotatable bonds is 5. The summed E-state index contributed by atoms with van der Waals surface area (Å²) in [6, 6.07) is 61.6. The van der Waals surface area contributed by atoms with E-state index in [-0.39, 0.29) is 0 Å². The Morgan fingerprint density at radius 2 is 1.29 bits per heavy atom. The van der Waals surface area contributed by atoms with Crippen LogP contribution in [0.2, 0.25) is 0 Å². The van der Waals surface area contributed by atoms with E-state index in [0.717, 1.165) is 97.3 Å². The van der Waals surface area contributed by atoms with Gasteiger partial charge < -0.3 is 8.98 Å². The van der Waals surface area contributed by atoms with Crippen LogP contribution in [-0.2, 0) is 0 Å². The van der Waals surface area contributed by atoms with Crippen LogP contribution in [0, 0.1) is 0 Å². The molecule has 0 bridgehead atoms. The minimum absolute atomic E-state index is 0.655. The van der Waals surface area contributed by atoms with Crippen molar-refractivity contribution in [3.63, 3.8) is 0 Å². The zero-order valence-corrected chi connectivity index (χ0v) is 37.7. The summed E-state index contributed by atoms with van der Waals surface area (Å²) in [6.07, 6.45) is 13.3. The lowest BCUT2D eigenvalue weighted by Gasteiger charge is -2.15. The van der Waals surface area contributed by atoms with E-state index in [9.17, 15) is 0 Å². The van der Waals surface area contributed by atoms with Gasteiger partial charge in [-0.05, 0) is 115 Å². The third-order valence-electron chi connectivity index (χ3n) is 14.5. The molecule has 0 atom stereocenters. The van der Waals surface area contributed by atoms with Crippen molar-refractivity contribution >= 4 is 114 Å². The molecule has 2 aliphatic carbocycles. The van der Waals surface area contributed by atoms with Crippen LogP contribution in [0.3, 0.4) is 0 Å². The highest BCUT2D eigenvalue weighted by Crippen LogP contribution is 2.44. The van der Waals surface area contributed by atoms with E-state index in [4.69, 9.17) is 14.4 Å². The maximum atomic E-state index is 6.71. The monoisotopic (exact) mass is 888 g/mol. The van der Waals surface area contributed by atoms with Gasteiger partial charge in [-0.1, -0.05) is 127 Å². The molecule has 0 amide bonds. The SMILES string of the molecule is C1=CCCC(n2c3c(c4ccccc42)=C(c2ccc4oc5cccc(-c6ccc7c(c6)c6cc8c(cc6n7-c6nc(-c7ccccc7)c7ccccc7n6)sc6ccccc68)c5c4c2)CCC=3)=C1. The fourth-order valence-electron chi connectivity index (χ4n) is 11.5. The average molecular weight is 889 g/mol. The van der Waals surface area contributed by atoms with Gasteiger partial charge in [-0.15, -0.1) is 11.3 Å². The van der Waals surface area contributed by atoms with E-state index in [1.54, 1.807) is 0 Å². The number of benzene rings is 8. The van der Waals surface area contributed by atoms with E-state index < -0.39 is 0 Å². The van der Waals surface area contributed by atoms with Crippen molar-refractivity contribution in [3.05, 3.63) is 204 Å². The second-order valence-electron chi connectivity index (χ2n) is 18.2. The molecular weight excluding hydrogens is 849 g/mol. The molecule has 2 aliphatic rings. The van der Waals surface area contributed by atoms with E-state index in [1.165, 1.54) is 63.9 Å². The zero-order chi connectivity index (χ0) is 44.5. The van der Waals surface area contributed by atoms with Crippen molar-refractivity contribution in [1.82, 2.24) is 19.1 Å². The fourth-order valence-corrected chi connectivity index (χ4v) is 12.6. The van der Waals surface area contributed by atoms with Gasteiger partial charge in [0.1, 0.15) is 11.2 Å². The number of fused-ring (bicyclic) bond motifs is 13. The molecule has 0 fully saturated rings. The number of allylic oxidation sites excluding steroid dienone is 4. The van der Waals surface area contributed by atoms with Crippen LogP contribution in [0.5, 0.6) is 0 Å². The molecule has 0 saturated carbocycles. The van der Waals surface area contributed by atoms with Gasteiger partial charge in [-0.25, -0.2) is 9.97 Å². The summed E-state index contributed by atoms with van der Waals surface area (Å²) < 4.78 is 14.0. The Balaban J connectivity index is 0.966. The van der Waals surface area contributed by atoms with Crippen molar-refractivity contribution in [1.29, 1.82) is 0 Å². The molecule has 15 rings (SSSR count). The molecule has 0 radical (unpaired) electrons. The summed E-state index contributed by atoms with van der Waals surface area (Å²) in [5.41, 5.74) is 14.4. The summed E-state index contributed by atoms with van der Waals surface area (Å²) in [6.45, 7) is 0. The van der Waals surface area contributed by atoms with Gasteiger partial charge in [0, 0.05) is 69.0 Å². The van der Waals surface area contributed by atoms with Crippen LogP contribution in [0.25, 0.3) is 131 Å². The Morgan fingerprint density at radius 3 is 2.21 bits per heavy atom. The molecule has 13 aromatic rings. The first-order valence-corrected chi connectivity index (χ1v) is 24.4. The summed E-state index contributed by atoms with van der Waals surface area (Å²) in [4.78, 5) is 10.7. The molecule has 8 aromatic carbocycles. The first-order valence-electron chi connectivity index (χ1n) is 23.6. The van der Waals surface area contributed by atoms with Crippen molar-refractivity contribution in [3.8, 4) is 28.3 Å². The fraction of sp³-hybridized carbons (Fsp3) is 0.0645. The lowest BCUT2D eigenvalue weighted by molar-refractivity contribution is 0.669. The zero-order valence-electron chi connectivity index (χ0n) is 36.9. The van der Waals surface area contributed by atoms with Gasteiger partial charge >= 0.3 is 0 Å². The molecule has 320 valence electrons. The predicted molar refractivity (Wildman–Crippen MR) is 285 cm³/mol. The lowest BCUT2D eigenvalue weighted by atomic mass is 9.92. The van der Waals surface area contributed by atoms with Crippen molar-refractivity contribution < 1.29 is 4.42 Å². The normalized spacial score (nSPS) is 14.1. The lowest BCUT2D eigenvalue weighted by Crippen LogP contribution is -2.33. The minimum Gasteiger partial charge on any atom is -0.456 e. The second-order valence-corrected chi connectivity index (χ2v) is 19.3. The summed E-state index contributed by atoms with van der Waals surface area (Å²) >= 11 is 1.84. The molecule has 0 N–H and O–H groups in total. The highest BCUT2D eigenvalue weighted by Gasteiger charge is 2.23. The summed E-state index contributed by atoms with van der Waals surface area (Å²) in [5, 5.41) is 12.1. The van der Waals surface area contributed by atoms with Crippen LogP contribution in [0.1, 0.15) is 31.2 Å². The number of thiophene rings is 1. The summed E-state index contributed by atoms with van der Waals surface area (Å²) in [7, 11) is 0. The maximum Gasteiger partial charge on any atom is 0.235 e. The first kappa shape index (κ1) is 37.9. The molecule has 0 unspecified atom stereocenters. The number of hydrogen-bond donors (Lipinski definition) is 0. The van der Waals surface area contributed by atoms with Gasteiger partial charge in [0.25, 0.3) is 0 Å². The second kappa shape index (κ2) is 14.6. The Hall–Kier alpha value is -8.32. The van der Waals surface area contributed by atoms with Crippen LogP contribution in [0.15, 0.2) is 193 Å². The Bertz CT molecular complexity index is 4500. The molecule has 0 spiro atoms. The molecule has 6 heteroatoms. The van der Waals surface area contributed by atoms with Crippen molar-refractivity contribution in [2.45, 2.75) is 25.7 Å². The number of para-hydroxylation sites is 2. The molecular formula is C62H40N4OS. The molecule has 0 saturated heterocycles. The first-order chi connectivity index (χ1) is 33.7. The van der Waals surface area contributed by atoms with E-state index >= 15 is 0 Å². The number of nitrogens with zero attached hydrogens (tertiary/aromatic N) is 4. The number of aromatic nitrogens is 4. The van der Waals surface area contributed by atoms with Gasteiger partial charge in [-0.2, -0.15) is 0 Å². The Labute approximate surface area is 394 Å². The highest BCUT2D eigenvalue weighted by molar-refractivity contribution is 7.25. The standard InChI is InChI=1S/C62H40N4OS/c1-3-15-37(16-4-1)61-44-20-7-10-24-50(44)63-62(64-61)66-52-31-29-38(33-46(52)47-35-48-43-19-9-12-28-57(43)68-58(48)36-54(47)66)42-23-14-27-56-60(42)49-34-39(30-32-55(49)67-56)41-22-13-26-53-59(41)45-21-8-11-25-51(45)65(53)40-17-5-2-6-18-40/h1-5,7-12,14-17,19-21,23-36H,6,13,18,22H2. The molecule has 0 aliphatic heterocycles. The molecule has 5 nitrogen and oxygen atoms in total. The topological polar surface area (TPSA) is 48.8 Å². The van der Waals surface area contributed by atoms with E-state index in [2.05, 4.69) is 203 Å². The van der Waals surface area contributed by atoms with Crippen LogP contribution < -0.4 is 10.6 Å². The molecule has 5 heterocycles. The third kappa shape index (κ3) is 5.55. The van der Waals surface area contributed by atoms with Crippen LogP contribution in [-0.4, -0.2) is 19.1 Å². The summed E-state index contributed by atoms with van der Waals surface area (Å²) in [5.74, 6) is 0.655. The van der Waals surface area contributed by atoms with Gasteiger partial charge in [0.05, 0.1) is 33.1 Å². The largest absolute Gasteiger partial charge is 0.456 e. The predicted octanol–water partition coefficient (Wildman–Crippen LogP) is 15.2. The van der Waals surface area contributed by atoms with Gasteiger partial charge in [-0.3, -0.25) is 4.57 Å². The molecule has 5 aromatic heterocycles.